The molecule has 0 amide bonds. The van der Waals surface area contributed by atoms with E-state index in [-0.39, 0.29) is 31.1 Å². The fourth-order valence-electron chi connectivity index (χ4n) is 8.24. The number of unbranched alkanes of at least 4 members (excludes halogenated alkanes) is 36. The van der Waals surface area contributed by atoms with Crippen molar-refractivity contribution in [1.29, 1.82) is 0 Å². The highest BCUT2D eigenvalue weighted by Crippen LogP contribution is 2.16. The van der Waals surface area contributed by atoms with Crippen molar-refractivity contribution < 1.29 is 28.6 Å². The van der Waals surface area contributed by atoms with Crippen molar-refractivity contribution in [3.8, 4) is 0 Å². The van der Waals surface area contributed by atoms with Crippen LogP contribution in [0.3, 0.4) is 0 Å². The maximum atomic E-state index is 12.7. The SMILES string of the molecule is CCCCCCC/C=C\C/C=C\CCCCCCCCCCCCCCCCCC(=O)OCC(COC(=O)CCCCCCCCCCC)OC(=O)CCCCCCCCCCC. The fraction of sp³-hybridized carbons (Fsp3) is 0.877. The second-order valence-electron chi connectivity index (χ2n) is 18.9. The van der Waals surface area contributed by atoms with E-state index in [2.05, 4.69) is 45.1 Å². The number of allylic oxidation sites excluding steroid dienone is 4. The molecule has 0 bridgehead atoms. The molecule has 0 radical (unpaired) electrons. The first kappa shape index (κ1) is 60.9. The lowest BCUT2D eigenvalue weighted by molar-refractivity contribution is -0.167. The first-order valence-corrected chi connectivity index (χ1v) is 27.8. The number of ether oxygens (including phenoxy) is 3. The zero-order chi connectivity index (χ0) is 45.8. The van der Waals surface area contributed by atoms with Gasteiger partial charge in [-0.3, -0.25) is 14.4 Å². The maximum Gasteiger partial charge on any atom is 0.306 e. The zero-order valence-corrected chi connectivity index (χ0v) is 42.4. The molecule has 6 heteroatoms. The minimum absolute atomic E-state index is 0.0661. The molecule has 0 fully saturated rings. The summed E-state index contributed by atoms with van der Waals surface area (Å²) in [6, 6.07) is 0. The molecule has 0 heterocycles. The summed E-state index contributed by atoms with van der Waals surface area (Å²) >= 11 is 0. The summed E-state index contributed by atoms with van der Waals surface area (Å²) in [5, 5.41) is 0. The van der Waals surface area contributed by atoms with Crippen LogP contribution >= 0.6 is 0 Å². The van der Waals surface area contributed by atoms with Crippen LogP contribution in [0.1, 0.15) is 303 Å². The molecule has 0 aliphatic rings. The summed E-state index contributed by atoms with van der Waals surface area (Å²) in [6.07, 6.45) is 60.5. The van der Waals surface area contributed by atoms with Crippen molar-refractivity contribution in [2.45, 2.75) is 309 Å². The smallest absolute Gasteiger partial charge is 0.306 e. The van der Waals surface area contributed by atoms with E-state index >= 15 is 0 Å². The van der Waals surface area contributed by atoms with Crippen molar-refractivity contribution in [3.05, 3.63) is 24.3 Å². The lowest BCUT2D eigenvalue weighted by Crippen LogP contribution is -2.30. The van der Waals surface area contributed by atoms with Crippen molar-refractivity contribution in [2.75, 3.05) is 13.2 Å². The van der Waals surface area contributed by atoms with Gasteiger partial charge in [0.2, 0.25) is 0 Å². The van der Waals surface area contributed by atoms with Crippen LogP contribution in [-0.4, -0.2) is 37.2 Å². The fourth-order valence-corrected chi connectivity index (χ4v) is 8.24. The Hall–Kier alpha value is -2.11. The van der Waals surface area contributed by atoms with Crippen LogP contribution in [-0.2, 0) is 28.6 Å². The average molecular weight is 887 g/mol. The second kappa shape index (κ2) is 52.5. The molecule has 0 rings (SSSR count). The number of esters is 3. The van der Waals surface area contributed by atoms with E-state index in [0.29, 0.717) is 19.3 Å². The van der Waals surface area contributed by atoms with Gasteiger partial charge in [0.1, 0.15) is 13.2 Å². The van der Waals surface area contributed by atoms with Gasteiger partial charge in [-0.15, -0.1) is 0 Å². The van der Waals surface area contributed by atoms with Gasteiger partial charge in [-0.1, -0.05) is 257 Å². The molecule has 0 aliphatic carbocycles. The predicted molar refractivity (Wildman–Crippen MR) is 270 cm³/mol. The van der Waals surface area contributed by atoms with E-state index in [4.69, 9.17) is 14.2 Å². The van der Waals surface area contributed by atoms with Gasteiger partial charge in [0.05, 0.1) is 0 Å². The minimum Gasteiger partial charge on any atom is -0.462 e. The average Bonchev–Trinajstić information content (AvgIpc) is 3.28. The predicted octanol–water partition coefficient (Wildman–Crippen LogP) is 18.3. The minimum atomic E-state index is -0.762. The summed E-state index contributed by atoms with van der Waals surface area (Å²) in [7, 11) is 0. The molecule has 0 aromatic rings. The van der Waals surface area contributed by atoms with E-state index < -0.39 is 6.10 Å². The van der Waals surface area contributed by atoms with E-state index in [1.165, 1.54) is 199 Å². The Kier molecular flexibility index (Phi) is 50.8. The van der Waals surface area contributed by atoms with Crippen LogP contribution in [0.25, 0.3) is 0 Å². The molecule has 0 aromatic carbocycles. The number of carbonyl (C=O) groups excluding carboxylic acids is 3. The van der Waals surface area contributed by atoms with Gasteiger partial charge in [-0.2, -0.15) is 0 Å². The monoisotopic (exact) mass is 887 g/mol. The molecular formula is C57H106O6. The van der Waals surface area contributed by atoms with Crippen LogP contribution in [0.4, 0.5) is 0 Å². The quantitative estimate of drug-likeness (QED) is 0.0262. The standard InChI is InChI=1S/C57H106O6/c1-4-7-10-13-16-19-20-21-22-23-24-25-26-27-28-29-30-31-32-33-34-35-36-39-41-44-47-50-56(59)62-53-54(63-57(60)51-48-45-42-38-18-15-12-9-6-3)52-61-55(58)49-46-43-40-37-17-14-11-8-5-2/h20-21,23-24,54H,4-19,22,25-53H2,1-3H3/b21-20-,24-23-. The van der Waals surface area contributed by atoms with Gasteiger partial charge in [0.15, 0.2) is 6.10 Å². The van der Waals surface area contributed by atoms with Crippen LogP contribution in [0, 0.1) is 0 Å². The number of hydrogen-bond acceptors (Lipinski definition) is 6. The Balaban J connectivity index is 4.02. The Morgan fingerprint density at radius 2 is 0.571 bits per heavy atom. The van der Waals surface area contributed by atoms with Crippen molar-refractivity contribution in [2.24, 2.45) is 0 Å². The van der Waals surface area contributed by atoms with Gasteiger partial charge in [0, 0.05) is 19.3 Å². The maximum absolute atomic E-state index is 12.7. The van der Waals surface area contributed by atoms with Crippen molar-refractivity contribution in [1.82, 2.24) is 0 Å². The molecule has 1 unspecified atom stereocenters. The van der Waals surface area contributed by atoms with Gasteiger partial charge >= 0.3 is 17.9 Å². The van der Waals surface area contributed by atoms with Gasteiger partial charge in [0.25, 0.3) is 0 Å². The van der Waals surface area contributed by atoms with Crippen LogP contribution in [0.2, 0.25) is 0 Å². The summed E-state index contributed by atoms with van der Waals surface area (Å²) < 4.78 is 16.7. The number of rotatable bonds is 51. The highest BCUT2D eigenvalue weighted by Gasteiger charge is 2.19. The largest absolute Gasteiger partial charge is 0.462 e. The Labute approximate surface area is 392 Å². The molecule has 370 valence electrons. The third-order valence-corrected chi connectivity index (χ3v) is 12.5. The van der Waals surface area contributed by atoms with E-state index in [1.807, 2.05) is 0 Å². The van der Waals surface area contributed by atoms with Crippen LogP contribution < -0.4 is 0 Å². The third-order valence-electron chi connectivity index (χ3n) is 12.5. The molecule has 1 atom stereocenters. The van der Waals surface area contributed by atoms with E-state index in [1.54, 1.807) is 0 Å². The molecule has 63 heavy (non-hydrogen) atoms. The number of hydrogen-bond donors (Lipinski definition) is 0. The molecule has 0 saturated carbocycles. The van der Waals surface area contributed by atoms with Gasteiger partial charge in [-0.25, -0.2) is 0 Å². The molecule has 0 N–H and O–H groups in total. The van der Waals surface area contributed by atoms with Crippen LogP contribution in [0.15, 0.2) is 24.3 Å². The topological polar surface area (TPSA) is 78.9 Å². The lowest BCUT2D eigenvalue weighted by atomic mass is 10.0. The molecule has 0 saturated heterocycles. The van der Waals surface area contributed by atoms with Gasteiger partial charge < -0.3 is 14.2 Å². The van der Waals surface area contributed by atoms with Gasteiger partial charge in [-0.05, 0) is 51.4 Å². The Morgan fingerprint density at radius 3 is 0.873 bits per heavy atom. The summed E-state index contributed by atoms with van der Waals surface area (Å²) in [4.78, 5) is 37.8. The van der Waals surface area contributed by atoms with Crippen molar-refractivity contribution in [3.63, 3.8) is 0 Å². The molecule has 0 aliphatic heterocycles. The lowest BCUT2D eigenvalue weighted by Gasteiger charge is -2.18. The summed E-state index contributed by atoms with van der Waals surface area (Å²) in [5.41, 5.74) is 0. The Morgan fingerprint density at radius 1 is 0.317 bits per heavy atom. The zero-order valence-electron chi connectivity index (χ0n) is 42.4. The second-order valence-corrected chi connectivity index (χ2v) is 18.9. The van der Waals surface area contributed by atoms with Crippen molar-refractivity contribution >= 4 is 17.9 Å². The number of carbonyl (C=O) groups is 3. The summed E-state index contributed by atoms with van der Waals surface area (Å²) in [5.74, 6) is -0.857. The highest BCUT2D eigenvalue weighted by molar-refractivity contribution is 5.71. The van der Waals surface area contributed by atoms with Crippen LogP contribution in [0.5, 0.6) is 0 Å². The molecule has 0 aromatic heterocycles. The molecule has 6 nitrogen and oxygen atoms in total. The van der Waals surface area contributed by atoms with E-state index in [9.17, 15) is 14.4 Å². The van der Waals surface area contributed by atoms with E-state index in [0.717, 1.165) is 64.2 Å². The first-order chi connectivity index (χ1) is 31.0. The Bertz CT molecular complexity index is 1020. The first-order valence-electron chi connectivity index (χ1n) is 27.8. The molecule has 0 spiro atoms. The summed E-state index contributed by atoms with van der Waals surface area (Å²) in [6.45, 7) is 6.62. The molecular weight excluding hydrogens is 781 g/mol. The third kappa shape index (κ3) is 50.7. The normalized spacial score (nSPS) is 12.1. The highest BCUT2D eigenvalue weighted by atomic mass is 16.6.